The molecule has 0 bridgehead atoms. The predicted molar refractivity (Wildman–Crippen MR) is 107 cm³/mol. The van der Waals surface area contributed by atoms with Crippen molar-refractivity contribution in [1.29, 1.82) is 0 Å². The van der Waals surface area contributed by atoms with Crippen molar-refractivity contribution in [1.82, 2.24) is 0 Å². The smallest absolute Gasteiger partial charge is 0.303 e. The molecule has 1 aliphatic carbocycles. The first-order valence-corrected chi connectivity index (χ1v) is 10.2. The third-order valence-electron chi connectivity index (χ3n) is 4.97. The monoisotopic (exact) mass is 394 g/mol. The quantitative estimate of drug-likeness (QED) is 0.261. The van der Waals surface area contributed by atoms with Gasteiger partial charge in [0.25, 0.3) is 0 Å². The molecule has 0 saturated heterocycles. The summed E-state index contributed by atoms with van der Waals surface area (Å²) in [5.41, 5.74) is 0.439. The summed E-state index contributed by atoms with van der Waals surface area (Å²) >= 11 is 0. The van der Waals surface area contributed by atoms with Crippen molar-refractivity contribution in [3.05, 3.63) is 22.7 Å². The first kappa shape index (κ1) is 23.9. The molecule has 0 aromatic carbocycles. The van der Waals surface area contributed by atoms with Gasteiger partial charge >= 0.3 is 5.97 Å². The van der Waals surface area contributed by atoms with E-state index in [2.05, 4.69) is 6.92 Å². The van der Waals surface area contributed by atoms with E-state index in [1.165, 1.54) is 53.2 Å². The van der Waals surface area contributed by atoms with Gasteiger partial charge in [0.2, 0.25) is 23.1 Å². The zero-order chi connectivity index (χ0) is 21.1. The summed E-state index contributed by atoms with van der Waals surface area (Å²) in [6.07, 6.45) is 8.86. The van der Waals surface area contributed by atoms with E-state index < -0.39 is 23.6 Å². The second-order valence-corrected chi connectivity index (χ2v) is 7.13. The molecule has 0 fully saturated rings. The maximum Gasteiger partial charge on any atom is 0.303 e. The fraction of sp³-hybridized carbons (Fsp3) is 0.682. The van der Waals surface area contributed by atoms with Crippen molar-refractivity contribution in [2.24, 2.45) is 0 Å². The summed E-state index contributed by atoms with van der Waals surface area (Å²) in [4.78, 5) is 37.0. The predicted octanol–water partition coefficient (Wildman–Crippen LogP) is 4.42. The Morgan fingerprint density at radius 2 is 1.36 bits per heavy atom. The molecule has 0 N–H and O–H groups in total. The van der Waals surface area contributed by atoms with Crippen LogP contribution in [0.5, 0.6) is 0 Å². The standard InChI is InChI=1S/C22H34O6/c1-6-7-8-9-10-11-12-13-14-17(28-16(3)23)18-15(2)19(24)21(26-4)22(27-5)20(18)25/h17H,6-14H2,1-5H3. The Kier molecular flexibility index (Phi) is 10.6. The van der Waals surface area contributed by atoms with Gasteiger partial charge in [-0.25, -0.2) is 0 Å². The number of hydrogen-bond acceptors (Lipinski definition) is 6. The highest BCUT2D eigenvalue weighted by molar-refractivity contribution is 6.23. The van der Waals surface area contributed by atoms with Gasteiger partial charge in [-0.05, 0) is 19.8 Å². The van der Waals surface area contributed by atoms with Crippen molar-refractivity contribution in [3.63, 3.8) is 0 Å². The second kappa shape index (κ2) is 12.4. The first-order valence-electron chi connectivity index (χ1n) is 10.2. The fourth-order valence-electron chi connectivity index (χ4n) is 3.48. The minimum atomic E-state index is -0.752. The van der Waals surface area contributed by atoms with Gasteiger partial charge in [-0.1, -0.05) is 51.9 Å². The van der Waals surface area contributed by atoms with Crippen molar-refractivity contribution >= 4 is 17.5 Å². The number of ether oxygens (including phenoxy) is 3. The minimum absolute atomic E-state index is 0.109. The summed E-state index contributed by atoms with van der Waals surface area (Å²) in [6.45, 7) is 5.06. The van der Waals surface area contributed by atoms with Crippen LogP contribution < -0.4 is 0 Å². The number of hydrogen-bond donors (Lipinski definition) is 0. The van der Waals surface area contributed by atoms with E-state index in [4.69, 9.17) is 14.2 Å². The first-order chi connectivity index (χ1) is 13.4. The molecule has 0 saturated carbocycles. The van der Waals surface area contributed by atoms with Crippen molar-refractivity contribution < 1.29 is 28.6 Å². The lowest BCUT2D eigenvalue weighted by Crippen LogP contribution is -2.33. The van der Waals surface area contributed by atoms with Crippen LogP contribution in [-0.4, -0.2) is 37.9 Å². The van der Waals surface area contributed by atoms with Crippen LogP contribution in [0.1, 0.15) is 78.6 Å². The fourth-order valence-corrected chi connectivity index (χ4v) is 3.48. The van der Waals surface area contributed by atoms with Crippen molar-refractivity contribution in [2.75, 3.05) is 14.2 Å². The van der Waals surface area contributed by atoms with E-state index in [0.29, 0.717) is 6.42 Å². The lowest BCUT2D eigenvalue weighted by molar-refractivity contribution is -0.145. The molecule has 158 valence electrons. The van der Waals surface area contributed by atoms with E-state index in [1.807, 2.05) is 0 Å². The van der Waals surface area contributed by atoms with E-state index in [9.17, 15) is 14.4 Å². The molecule has 0 radical (unpaired) electrons. The summed E-state index contributed by atoms with van der Waals surface area (Å²) in [7, 11) is 2.64. The molecule has 0 spiro atoms. The molecule has 6 heteroatoms. The van der Waals surface area contributed by atoms with E-state index in [0.717, 1.165) is 19.3 Å². The lowest BCUT2D eigenvalue weighted by atomic mass is 9.87. The lowest BCUT2D eigenvalue weighted by Gasteiger charge is -2.26. The molecule has 1 aliphatic rings. The van der Waals surface area contributed by atoms with Crippen molar-refractivity contribution in [3.8, 4) is 0 Å². The van der Waals surface area contributed by atoms with Crippen LogP contribution >= 0.6 is 0 Å². The number of carbonyl (C=O) groups excluding carboxylic acids is 3. The van der Waals surface area contributed by atoms with Crippen LogP contribution in [0.4, 0.5) is 0 Å². The van der Waals surface area contributed by atoms with Gasteiger partial charge in [-0.15, -0.1) is 0 Å². The van der Waals surface area contributed by atoms with Gasteiger partial charge in [0.05, 0.1) is 19.8 Å². The highest BCUT2D eigenvalue weighted by Crippen LogP contribution is 2.30. The third kappa shape index (κ3) is 6.50. The minimum Gasteiger partial charge on any atom is -0.489 e. The van der Waals surface area contributed by atoms with E-state index in [1.54, 1.807) is 6.92 Å². The zero-order valence-electron chi connectivity index (χ0n) is 17.9. The van der Waals surface area contributed by atoms with E-state index >= 15 is 0 Å². The number of carbonyl (C=O) groups is 3. The Hall–Kier alpha value is -2.11. The van der Waals surface area contributed by atoms with Crippen LogP contribution in [0.25, 0.3) is 0 Å². The molecule has 0 aliphatic heterocycles. The third-order valence-corrected chi connectivity index (χ3v) is 4.97. The Bertz CT molecular complexity index is 629. The Labute approximate surface area is 168 Å². The Morgan fingerprint density at radius 3 is 1.86 bits per heavy atom. The molecule has 0 amide bonds. The highest BCUT2D eigenvalue weighted by Gasteiger charge is 2.39. The molecule has 28 heavy (non-hydrogen) atoms. The number of rotatable bonds is 13. The average Bonchev–Trinajstić information content (AvgIpc) is 2.65. The SMILES string of the molecule is CCCCCCCCCCC(OC(C)=O)C1=C(C)C(=O)C(OC)=C(OC)C1=O. The molecular weight excluding hydrogens is 360 g/mol. The van der Waals surface area contributed by atoms with Gasteiger partial charge in [-0.3, -0.25) is 14.4 Å². The highest BCUT2D eigenvalue weighted by atomic mass is 16.5. The molecule has 1 atom stereocenters. The Morgan fingerprint density at radius 1 is 0.857 bits per heavy atom. The largest absolute Gasteiger partial charge is 0.489 e. The topological polar surface area (TPSA) is 78.9 Å². The molecule has 0 aromatic heterocycles. The molecule has 0 heterocycles. The average molecular weight is 395 g/mol. The van der Waals surface area contributed by atoms with Gasteiger partial charge in [0.15, 0.2) is 0 Å². The zero-order valence-corrected chi connectivity index (χ0v) is 17.9. The number of allylic oxidation sites excluding steroid dienone is 2. The van der Waals surface area contributed by atoms with Crippen LogP contribution in [0.15, 0.2) is 22.7 Å². The van der Waals surface area contributed by atoms with Crippen molar-refractivity contribution in [2.45, 2.75) is 84.7 Å². The van der Waals surface area contributed by atoms with Crippen LogP contribution in [0.3, 0.4) is 0 Å². The van der Waals surface area contributed by atoms with Crippen LogP contribution in [0.2, 0.25) is 0 Å². The maximum atomic E-state index is 12.9. The molecule has 0 aromatic rings. The van der Waals surface area contributed by atoms with Crippen LogP contribution in [0, 0.1) is 0 Å². The second-order valence-electron chi connectivity index (χ2n) is 7.13. The van der Waals surface area contributed by atoms with Gasteiger partial charge < -0.3 is 14.2 Å². The maximum absolute atomic E-state index is 12.9. The Balaban J connectivity index is 2.81. The normalized spacial score (nSPS) is 15.8. The number of ketones is 2. The van der Waals surface area contributed by atoms with Crippen LogP contribution in [-0.2, 0) is 28.6 Å². The molecule has 1 unspecified atom stereocenters. The van der Waals surface area contributed by atoms with E-state index in [-0.39, 0.29) is 22.7 Å². The summed E-state index contributed by atoms with van der Waals surface area (Å²) in [5.74, 6) is -1.60. The number of esters is 1. The number of Topliss-reactive ketones (excluding diaryl/α,β-unsaturated/α-hetero) is 2. The summed E-state index contributed by atoms with van der Waals surface area (Å²) in [6, 6.07) is 0. The summed E-state index contributed by atoms with van der Waals surface area (Å²) < 4.78 is 15.6. The van der Waals surface area contributed by atoms with Gasteiger partial charge in [0.1, 0.15) is 6.10 Å². The summed E-state index contributed by atoms with van der Waals surface area (Å²) in [5, 5.41) is 0. The number of unbranched alkanes of at least 4 members (excludes halogenated alkanes) is 7. The number of methoxy groups -OCH3 is 2. The van der Waals surface area contributed by atoms with Gasteiger partial charge in [-0.2, -0.15) is 0 Å². The van der Waals surface area contributed by atoms with Gasteiger partial charge in [0, 0.05) is 12.5 Å². The molecule has 1 rings (SSSR count). The molecule has 6 nitrogen and oxygen atoms in total. The molecular formula is C22H34O6.